The predicted octanol–water partition coefficient (Wildman–Crippen LogP) is 2.40. The Hall–Kier alpha value is -2.82. The zero-order valence-electron chi connectivity index (χ0n) is 12.2. The van der Waals surface area contributed by atoms with Gasteiger partial charge in [0.25, 0.3) is 11.5 Å². The molecule has 0 bridgehead atoms. The molecular weight excluding hydrogens is 280 g/mol. The fraction of sp³-hybridized carbons (Fsp3) is 0.176. The zero-order valence-corrected chi connectivity index (χ0v) is 12.2. The molecule has 22 heavy (non-hydrogen) atoms. The molecule has 0 fully saturated rings. The van der Waals surface area contributed by atoms with E-state index in [-0.39, 0.29) is 17.2 Å². The molecule has 112 valence electrons. The van der Waals surface area contributed by atoms with E-state index in [1.165, 1.54) is 6.26 Å². The maximum Gasteiger partial charge on any atom is 0.286 e. The molecule has 3 rings (SSSR count). The maximum atomic E-state index is 12.1. The van der Waals surface area contributed by atoms with Crippen molar-refractivity contribution in [3.8, 4) is 0 Å². The van der Waals surface area contributed by atoms with Gasteiger partial charge in [0.15, 0.2) is 5.76 Å². The molecule has 0 saturated heterocycles. The summed E-state index contributed by atoms with van der Waals surface area (Å²) in [6.45, 7) is 2.33. The van der Waals surface area contributed by atoms with Crippen LogP contribution < -0.4 is 10.9 Å². The maximum absolute atomic E-state index is 12.1. The van der Waals surface area contributed by atoms with Crippen LogP contribution in [0, 0.1) is 6.92 Å². The lowest BCUT2D eigenvalue weighted by Crippen LogP contribution is -2.27. The van der Waals surface area contributed by atoms with Gasteiger partial charge in [0, 0.05) is 12.1 Å². The summed E-state index contributed by atoms with van der Waals surface area (Å²) in [6.07, 6.45) is 1.91. The highest BCUT2D eigenvalue weighted by molar-refractivity contribution is 5.91. The lowest BCUT2D eigenvalue weighted by molar-refractivity contribution is 0.0926. The average Bonchev–Trinajstić information content (AvgIpc) is 3.03. The Bertz CT molecular complexity index is 863. The summed E-state index contributed by atoms with van der Waals surface area (Å²) in [5, 5.41) is 3.73. The van der Waals surface area contributed by atoms with Crippen LogP contribution in [0.2, 0.25) is 0 Å². The zero-order chi connectivity index (χ0) is 15.5. The van der Waals surface area contributed by atoms with Gasteiger partial charge in [-0.15, -0.1) is 0 Å². The highest BCUT2D eigenvalue weighted by atomic mass is 16.3. The smallest absolute Gasteiger partial charge is 0.286 e. The Morgan fingerprint density at radius 2 is 2.14 bits per heavy atom. The number of aromatic nitrogens is 1. The number of carbonyl (C=O) groups is 1. The van der Waals surface area contributed by atoms with E-state index in [4.69, 9.17) is 4.42 Å². The molecule has 1 aromatic carbocycles. The molecule has 0 saturated carbocycles. The van der Waals surface area contributed by atoms with E-state index in [9.17, 15) is 9.59 Å². The number of pyridine rings is 1. The Balaban J connectivity index is 1.73. The summed E-state index contributed by atoms with van der Waals surface area (Å²) < 4.78 is 5.01. The summed E-state index contributed by atoms with van der Waals surface area (Å²) >= 11 is 0. The van der Waals surface area contributed by atoms with Crippen molar-refractivity contribution in [1.29, 1.82) is 0 Å². The number of amides is 1. The van der Waals surface area contributed by atoms with Gasteiger partial charge in [0.2, 0.25) is 0 Å². The van der Waals surface area contributed by atoms with Crippen LogP contribution in [-0.2, 0) is 6.42 Å². The van der Waals surface area contributed by atoms with Crippen molar-refractivity contribution >= 4 is 16.8 Å². The number of fused-ring (bicyclic) bond motifs is 1. The first kappa shape index (κ1) is 14.1. The lowest BCUT2D eigenvalue weighted by Gasteiger charge is -2.06. The Morgan fingerprint density at radius 1 is 1.27 bits per heavy atom. The fourth-order valence-corrected chi connectivity index (χ4v) is 2.42. The van der Waals surface area contributed by atoms with Gasteiger partial charge in [-0.3, -0.25) is 9.59 Å². The van der Waals surface area contributed by atoms with E-state index in [1.807, 2.05) is 31.2 Å². The normalized spacial score (nSPS) is 10.8. The first-order valence-corrected chi connectivity index (χ1v) is 7.08. The lowest BCUT2D eigenvalue weighted by atomic mass is 10.1. The molecule has 0 spiro atoms. The van der Waals surface area contributed by atoms with Crippen LogP contribution in [0.3, 0.4) is 0 Å². The third kappa shape index (κ3) is 2.79. The molecule has 2 aromatic heterocycles. The van der Waals surface area contributed by atoms with Crippen molar-refractivity contribution in [3.05, 3.63) is 69.9 Å². The largest absolute Gasteiger partial charge is 0.459 e. The van der Waals surface area contributed by atoms with Crippen LogP contribution in [-0.4, -0.2) is 17.4 Å². The minimum Gasteiger partial charge on any atom is -0.459 e. The quantitative estimate of drug-likeness (QED) is 0.776. The van der Waals surface area contributed by atoms with Gasteiger partial charge in [0.1, 0.15) is 0 Å². The molecule has 0 aliphatic rings. The molecule has 2 N–H and O–H groups in total. The van der Waals surface area contributed by atoms with E-state index >= 15 is 0 Å². The summed E-state index contributed by atoms with van der Waals surface area (Å²) in [4.78, 5) is 26.8. The van der Waals surface area contributed by atoms with Crippen LogP contribution in [0.1, 0.15) is 21.7 Å². The molecule has 0 radical (unpaired) electrons. The molecule has 3 aromatic rings. The number of rotatable bonds is 4. The van der Waals surface area contributed by atoms with Crippen LogP contribution in [0.15, 0.2) is 51.9 Å². The van der Waals surface area contributed by atoms with Crippen LogP contribution in [0.25, 0.3) is 10.9 Å². The topological polar surface area (TPSA) is 75.1 Å². The summed E-state index contributed by atoms with van der Waals surface area (Å²) in [7, 11) is 0. The average molecular weight is 296 g/mol. The van der Waals surface area contributed by atoms with E-state index in [1.54, 1.807) is 12.1 Å². The van der Waals surface area contributed by atoms with Gasteiger partial charge in [-0.05, 0) is 42.5 Å². The molecule has 0 aliphatic carbocycles. The number of nitrogens with one attached hydrogen (secondary N) is 2. The molecular formula is C17H16N2O3. The number of furan rings is 1. The minimum atomic E-state index is -0.280. The van der Waals surface area contributed by atoms with E-state index in [0.717, 1.165) is 16.5 Å². The Kier molecular flexibility index (Phi) is 3.78. The second-order valence-electron chi connectivity index (χ2n) is 5.15. The Labute approximate surface area is 127 Å². The summed E-state index contributed by atoms with van der Waals surface area (Å²) in [6, 6.07) is 11.0. The predicted molar refractivity (Wildman–Crippen MR) is 84.1 cm³/mol. The van der Waals surface area contributed by atoms with Gasteiger partial charge < -0.3 is 14.7 Å². The van der Waals surface area contributed by atoms with E-state index < -0.39 is 0 Å². The molecule has 5 nitrogen and oxygen atoms in total. The first-order chi connectivity index (χ1) is 10.6. The van der Waals surface area contributed by atoms with Crippen molar-refractivity contribution in [1.82, 2.24) is 10.3 Å². The molecule has 0 aliphatic heterocycles. The number of hydrogen-bond acceptors (Lipinski definition) is 3. The Morgan fingerprint density at radius 3 is 2.91 bits per heavy atom. The molecule has 2 heterocycles. The van der Waals surface area contributed by atoms with Crippen molar-refractivity contribution in [2.45, 2.75) is 13.3 Å². The standard InChI is InChI=1S/C17H16N2O3/c1-11-4-2-5-12-10-13(16(20)19-15(11)12)7-8-18-17(21)14-6-3-9-22-14/h2-6,9-10H,7-8H2,1H3,(H,18,21)(H,19,20). The highest BCUT2D eigenvalue weighted by Crippen LogP contribution is 2.15. The van der Waals surface area contributed by atoms with Crippen molar-refractivity contribution in [2.24, 2.45) is 0 Å². The van der Waals surface area contributed by atoms with Gasteiger partial charge in [-0.25, -0.2) is 0 Å². The van der Waals surface area contributed by atoms with Crippen LogP contribution >= 0.6 is 0 Å². The number of benzene rings is 1. The number of hydrogen-bond donors (Lipinski definition) is 2. The van der Waals surface area contributed by atoms with E-state index in [0.29, 0.717) is 18.5 Å². The van der Waals surface area contributed by atoms with Crippen molar-refractivity contribution < 1.29 is 9.21 Å². The first-order valence-electron chi connectivity index (χ1n) is 7.08. The molecule has 0 unspecified atom stereocenters. The van der Waals surface area contributed by atoms with E-state index in [2.05, 4.69) is 10.3 Å². The van der Waals surface area contributed by atoms with Gasteiger partial charge in [0.05, 0.1) is 11.8 Å². The monoisotopic (exact) mass is 296 g/mol. The minimum absolute atomic E-state index is 0.117. The SMILES string of the molecule is Cc1cccc2cc(CCNC(=O)c3ccco3)c(=O)[nH]c12. The fourth-order valence-electron chi connectivity index (χ4n) is 2.42. The number of aryl methyl sites for hydroxylation is 1. The third-order valence-corrected chi connectivity index (χ3v) is 3.59. The number of H-pyrrole nitrogens is 1. The summed E-state index contributed by atoms with van der Waals surface area (Å²) in [5.74, 6) is -0.0129. The second-order valence-corrected chi connectivity index (χ2v) is 5.15. The number of para-hydroxylation sites is 1. The number of carbonyl (C=O) groups excluding carboxylic acids is 1. The highest BCUT2D eigenvalue weighted by Gasteiger charge is 2.09. The molecule has 1 amide bonds. The third-order valence-electron chi connectivity index (χ3n) is 3.59. The van der Waals surface area contributed by atoms with Gasteiger partial charge in [-0.2, -0.15) is 0 Å². The second kappa shape index (κ2) is 5.89. The van der Waals surface area contributed by atoms with Crippen LogP contribution in [0.5, 0.6) is 0 Å². The van der Waals surface area contributed by atoms with Crippen LogP contribution in [0.4, 0.5) is 0 Å². The summed E-state index contributed by atoms with van der Waals surface area (Å²) in [5.41, 5.74) is 2.43. The van der Waals surface area contributed by atoms with Crippen molar-refractivity contribution in [2.75, 3.05) is 6.54 Å². The van der Waals surface area contributed by atoms with Gasteiger partial charge >= 0.3 is 0 Å². The number of aromatic amines is 1. The van der Waals surface area contributed by atoms with Crippen molar-refractivity contribution in [3.63, 3.8) is 0 Å². The molecule has 5 heteroatoms. The van der Waals surface area contributed by atoms with Gasteiger partial charge in [-0.1, -0.05) is 18.2 Å². The molecule has 0 atom stereocenters.